The van der Waals surface area contributed by atoms with Crippen LogP contribution in [0.3, 0.4) is 0 Å². The molecule has 2 nitrogen and oxygen atoms in total. The monoisotopic (exact) mass is 349 g/mol. The van der Waals surface area contributed by atoms with Gasteiger partial charge >= 0.3 is 6.36 Å². The number of halogens is 5. The maximum Gasteiger partial charge on any atom is 0.573 e. The summed E-state index contributed by atoms with van der Waals surface area (Å²) in [6, 6.07) is 5.69. The average molecular weight is 350 g/mol. The number of hydrogen-bond acceptors (Lipinski definition) is 2. The van der Waals surface area contributed by atoms with Gasteiger partial charge in [-0.15, -0.1) is 13.2 Å². The highest BCUT2D eigenvalue weighted by Crippen LogP contribution is 2.37. The van der Waals surface area contributed by atoms with Crippen molar-refractivity contribution < 1.29 is 17.9 Å². The highest BCUT2D eigenvalue weighted by Gasteiger charge is 2.31. The quantitative estimate of drug-likeness (QED) is 0.692. The molecule has 1 aromatic carbocycles. The van der Waals surface area contributed by atoms with Crippen LogP contribution in [0.5, 0.6) is 5.75 Å². The van der Waals surface area contributed by atoms with Crippen molar-refractivity contribution in [3.05, 3.63) is 57.8 Å². The molecule has 7 heteroatoms. The normalized spacial score (nSPS) is 13.0. The minimum Gasteiger partial charge on any atom is -0.406 e. The summed E-state index contributed by atoms with van der Waals surface area (Å²) >= 11 is 12.3. The summed E-state index contributed by atoms with van der Waals surface area (Å²) in [7, 11) is 0. The van der Waals surface area contributed by atoms with Crippen LogP contribution in [-0.2, 0) is 0 Å². The van der Waals surface area contributed by atoms with Crippen molar-refractivity contribution in [2.24, 2.45) is 0 Å². The van der Waals surface area contributed by atoms with Crippen molar-refractivity contribution in [1.29, 1.82) is 0 Å². The predicted octanol–water partition coefficient (Wildman–Crippen LogP) is 5.83. The summed E-state index contributed by atoms with van der Waals surface area (Å²) in [5.41, 5.74) is 1.51. The predicted molar refractivity (Wildman–Crippen MR) is 79.5 cm³/mol. The zero-order chi connectivity index (χ0) is 16.3. The zero-order valence-electron chi connectivity index (χ0n) is 11.5. The minimum atomic E-state index is -4.70. The fraction of sp³-hybridized carbons (Fsp3) is 0.267. The Morgan fingerprint density at radius 2 is 1.64 bits per heavy atom. The van der Waals surface area contributed by atoms with Gasteiger partial charge in [0, 0.05) is 18.3 Å². The Morgan fingerprint density at radius 3 is 2.09 bits per heavy atom. The molecule has 1 unspecified atom stereocenters. The van der Waals surface area contributed by atoms with Gasteiger partial charge in [-0.25, -0.2) is 0 Å². The number of aromatic nitrogens is 1. The number of benzene rings is 1. The average Bonchev–Trinajstić information content (AvgIpc) is 2.42. The van der Waals surface area contributed by atoms with E-state index >= 15 is 0 Å². The van der Waals surface area contributed by atoms with Gasteiger partial charge in [0.15, 0.2) is 0 Å². The summed E-state index contributed by atoms with van der Waals surface area (Å²) in [5.74, 6) is -0.402. The summed E-state index contributed by atoms with van der Waals surface area (Å²) in [4.78, 5) is 3.90. The molecule has 0 saturated heterocycles. The smallest absolute Gasteiger partial charge is 0.406 e. The Balaban J connectivity index is 2.32. The van der Waals surface area contributed by atoms with Gasteiger partial charge in [0.05, 0.1) is 10.0 Å². The molecule has 1 heterocycles. The van der Waals surface area contributed by atoms with Gasteiger partial charge in [-0.3, -0.25) is 4.98 Å². The first kappa shape index (κ1) is 16.9. The van der Waals surface area contributed by atoms with Crippen molar-refractivity contribution in [3.8, 4) is 5.75 Å². The van der Waals surface area contributed by atoms with E-state index in [1.165, 1.54) is 24.5 Å². The summed E-state index contributed by atoms with van der Waals surface area (Å²) in [5, 5.41) is 0.852. The van der Waals surface area contributed by atoms with Gasteiger partial charge < -0.3 is 4.74 Å². The Bertz CT molecular complexity index is 624. The van der Waals surface area contributed by atoms with Gasteiger partial charge in [0.25, 0.3) is 0 Å². The Kier molecular flexibility index (Phi) is 5.19. The van der Waals surface area contributed by atoms with Crippen LogP contribution in [0.4, 0.5) is 13.2 Å². The molecule has 0 spiro atoms. The van der Waals surface area contributed by atoms with E-state index in [0.29, 0.717) is 22.0 Å². The molecule has 2 rings (SSSR count). The Labute approximate surface area is 135 Å². The topological polar surface area (TPSA) is 22.1 Å². The highest BCUT2D eigenvalue weighted by atomic mass is 35.5. The van der Waals surface area contributed by atoms with E-state index in [9.17, 15) is 13.2 Å². The lowest BCUT2D eigenvalue weighted by atomic mass is 9.89. The number of alkyl halides is 3. The molecule has 0 aliphatic heterocycles. The number of rotatable bonds is 4. The molecule has 0 fully saturated rings. The molecule has 2 aromatic rings. The van der Waals surface area contributed by atoms with Gasteiger partial charge in [0.1, 0.15) is 5.75 Å². The van der Waals surface area contributed by atoms with E-state index in [-0.39, 0.29) is 11.7 Å². The summed E-state index contributed by atoms with van der Waals surface area (Å²) in [6.45, 7) is 1.94. The lowest BCUT2D eigenvalue weighted by Gasteiger charge is -2.19. The highest BCUT2D eigenvalue weighted by molar-refractivity contribution is 6.35. The molecular formula is C15H12Cl2F3NO. The van der Waals surface area contributed by atoms with Crippen molar-refractivity contribution in [3.63, 3.8) is 0 Å². The number of nitrogens with zero attached hydrogens (tertiary/aromatic N) is 1. The minimum absolute atomic E-state index is 0.136. The molecule has 22 heavy (non-hydrogen) atoms. The second-order valence-corrected chi connectivity index (χ2v) is 5.41. The van der Waals surface area contributed by atoms with Crippen LogP contribution in [-0.4, -0.2) is 11.3 Å². The van der Waals surface area contributed by atoms with Gasteiger partial charge in [-0.05, 0) is 29.7 Å². The van der Waals surface area contributed by atoms with Crippen molar-refractivity contribution in [2.75, 3.05) is 0 Å². The van der Waals surface area contributed by atoms with Crippen LogP contribution in [0, 0.1) is 0 Å². The maximum atomic E-state index is 12.2. The standard InChI is InChI=1S/C15H12Cl2F3NO/c1-2-11(14-12(16)7-21-8-13(14)17)9-3-5-10(6-4-9)22-15(18,19)20/h3-8,11H,2H2,1H3. The molecule has 1 aromatic heterocycles. The van der Waals surface area contributed by atoms with Gasteiger partial charge in [-0.2, -0.15) is 0 Å². The largest absolute Gasteiger partial charge is 0.573 e. The van der Waals surface area contributed by atoms with E-state index in [2.05, 4.69) is 9.72 Å². The van der Waals surface area contributed by atoms with Crippen LogP contribution >= 0.6 is 23.2 Å². The Morgan fingerprint density at radius 1 is 1.09 bits per heavy atom. The molecule has 0 N–H and O–H groups in total. The molecular weight excluding hydrogens is 338 g/mol. The fourth-order valence-corrected chi connectivity index (χ4v) is 2.89. The first-order chi connectivity index (χ1) is 10.3. The zero-order valence-corrected chi connectivity index (χ0v) is 13.0. The molecule has 0 saturated carbocycles. The summed E-state index contributed by atoms with van der Waals surface area (Å²) < 4.78 is 40.4. The third kappa shape index (κ3) is 4.05. The fourth-order valence-electron chi connectivity index (χ4n) is 2.26. The van der Waals surface area contributed by atoms with Crippen LogP contribution in [0.25, 0.3) is 0 Å². The van der Waals surface area contributed by atoms with E-state index < -0.39 is 6.36 Å². The maximum absolute atomic E-state index is 12.2. The first-order valence-corrected chi connectivity index (χ1v) is 7.22. The molecule has 0 aliphatic carbocycles. The van der Waals surface area contributed by atoms with E-state index in [4.69, 9.17) is 23.2 Å². The molecule has 1 atom stereocenters. The van der Waals surface area contributed by atoms with E-state index in [0.717, 1.165) is 5.56 Å². The van der Waals surface area contributed by atoms with E-state index in [1.54, 1.807) is 12.1 Å². The third-order valence-corrected chi connectivity index (χ3v) is 3.77. The van der Waals surface area contributed by atoms with Gasteiger partial charge in [0.2, 0.25) is 0 Å². The second kappa shape index (κ2) is 6.75. The lowest BCUT2D eigenvalue weighted by Crippen LogP contribution is -2.17. The molecule has 0 amide bonds. The Hall–Kier alpha value is -1.46. The van der Waals surface area contributed by atoms with Crippen LogP contribution in [0.15, 0.2) is 36.7 Å². The molecule has 118 valence electrons. The molecule has 0 radical (unpaired) electrons. The second-order valence-electron chi connectivity index (χ2n) is 4.59. The van der Waals surface area contributed by atoms with Crippen molar-refractivity contribution in [1.82, 2.24) is 4.98 Å². The van der Waals surface area contributed by atoms with Crippen LogP contribution < -0.4 is 4.74 Å². The van der Waals surface area contributed by atoms with Crippen molar-refractivity contribution in [2.45, 2.75) is 25.6 Å². The first-order valence-electron chi connectivity index (χ1n) is 6.46. The molecule has 0 aliphatic rings. The number of hydrogen-bond donors (Lipinski definition) is 0. The van der Waals surface area contributed by atoms with Crippen LogP contribution in [0.2, 0.25) is 10.0 Å². The van der Waals surface area contributed by atoms with Gasteiger partial charge in [-0.1, -0.05) is 42.3 Å². The van der Waals surface area contributed by atoms with E-state index in [1.807, 2.05) is 6.92 Å². The lowest BCUT2D eigenvalue weighted by molar-refractivity contribution is -0.274. The molecule has 0 bridgehead atoms. The van der Waals surface area contributed by atoms with Crippen LogP contribution in [0.1, 0.15) is 30.4 Å². The SMILES string of the molecule is CCC(c1ccc(OC(F)(F)F)cc1)c1c(Cl)cncc1Cl. The van der Waals surface area contributed by atoms with Crippen molar-refractivity contribution >= 4 is 23.2 Å². The number of pyridine rings is 1. The third-order valence-electron chi connectivity index (χ3n) is 3.16. The summed E-state index contributed by atoms with van der Waals surface area (Å²) in [6.07, 6.45) is -1.04. The number of ether oxygens (including phenoxy) is 1.